The van der Waals surface area contributed by atoms with E-state index in [2.05, 4.69) is 27.2 Å². The molecule has 3 rings (SSSR count). The quantitative estimate of drug-likeness (QED) is 0.893. The second-order valence-electron chi connectivity index (χ2n) is 5.57. The van der Waals surface area contributed by atoms with Crippen LogP contribution in [0.2, 0.25) is 0 Å². The van der Waals surface area contributed by atoms with Crippen LogP contribution in [0.15, 0.2) is 24.3 Å². The number of nitrogens with zero attached hydrogens (tertiary/aromatic N) is 3. The lowest BCUT2D eigenvalue weighted by molar-refractivity contribution is 0.226. The second kappa shape index (κ2) is 5.63. The van der Waals surface area contributed by atoms with Gasteiger partial charge in [-0.05, 0) is 51.0 Å². The molecule has 3 N–H and O–H groups in total. The van der Waals surface area contributed by atoms with Crippen LogP contribution in [-0.4, -0.2) is 41.5 Å². The molecule has 0 spiro atoms. The highest BCUT2D eigenvalue weighted by atomic mass is 15.1. The molecule has 1 saturated heterocycles. The highest BCUT2D eigenvalue weighted by Crippen LogP contribution is 2.21. The summed E-state index contributed by atoms with van der Waals surface area (Å²) >= 11 is 0. The Bertz CT molecular complexity index is 590. The number of rotatable bonds is 3. The molecule has 0 atom stereocenters. The van der Waals surface area contributed by atoms with Gasteiger partial charge in [0.15, 0.2) is 11.6 Å². The Morgan fingerprint density at radius 3 is 2.55 bits per heavy atom. The van der Waals surface area contributed by atoms with Crippen LogP contribution in [0.5, 0.6) is 0 Å². The topological polar surface area (TPSA) is 67.1 Å². The van der Waals surface area contributed by atoms with E-state index in [-0.39, 0.29) is 0 Å². The summed E-state index contributed by atoms with van der Waals surface area (Å²) in [7, 11) is 2.18. The lowest BCUT2D eigenvalue weighted by atomic mass is 9.97. The highest BCUT2D eigenvalue weighted by Gasteiger charge is 2.17. The minimum atomic E-state index is 0.483. The Morgan fingerprint density at radius 2 is 1.85 bits per heavy atom. The van der Waals surface area contributed by atoms with E-state index in [4.69, 9.17) is 5.73 Å². The van der Waals surface area contributed by atoms with Crippen LogP contribution in [0.25, 0.3) is 11.0 Å². The third-order valence-corrected chi connectivity index (χ3v) is 3.99. The summed E-state index contributed by atoms with van der Waals surface area (Å²) in [5, 5.41) is 3.37. The fourth-order valence-corrected chi connectivity index (χ4v) is 2.65. The fourth-order valence-electron chi connectivity index (χ4n) is 2.65. The molecule has 0 radical (unpaired) electrons. The molecule has 0 saturated carbocycles. The lowest BCUT2D eigenvalue weighted by Gasteiger charge is -2.29. The van der Waals surface area contributed by atoms with Crippen molar-refractivity contribution in [2.24, 2.45) is 5.92 Å². The molecule has 0 bridgehead atoms. The number of benzene rings is 1. The number of nitrogen functional groups attached to an aromatic ring is 1. The first-order chi connectivity index (χ1) is 9.72. The van der Waals surface area contributed by atoms with Gasteiger partial charge < -0.3 is 16.0 Å². The Kier molecular flexibility index (Phi) is 3.69. The summed E-state index contributed by atoms with van der Waals surface area (Å²) < 4.78 is 0. The minimum absolute atomic E-state index is 0.483. The van der Waals surface area contributed by atoms with E-state index < -0.39 is 0 Å². The minimum Gasteiger partial charge on any atom is -0.381 e. The van der Waals surface area contributed by atoms with E-state index in [1.165, 1.54) is 25.9 Å². The molecule has 0 amide bonds. The first-order valence-corrected chi connectivity index (χ1v) is 7.17. The van der Waals surface area contributed by atoms with Gasteiger partial charge in [-0.15, -0.1) is 0 Å². The molecular formula is C15H21N5. The van der Waals surface area contributed by atoms with Crippen molar-refractivity contribution >= 4 is 22.7 Å². The molecule has 1 fully saturated rings. The van der Waals surface area contributed by atoms with Gasteiger partial charge in [0.05, 0.1) is 11.0 Å². The molecule has 0 unspecified atom stereocenters. The van der Waals surface area contributed by atoms with Crippen LogP contribution < -0.4 is 11.1 Å². The smallest absolute Gasteiger partial charge is 0.169 e. The predicted octanol–water partition coefficient (Wildman–Crippen LogP) is 1.97. The fraction of sp³-hybridized carbons (Fsp3) is 0.467. The molecule has 5 heteroatoms. The summed E-state index contributed by atoms with van der Waals surface area (Å²) in [6, 6.07) is 7.80. The molecule has 0 aliphatic carbocycles. The van der Waals surface area contributed by atoms with Gasteiger partial charge in [-0.2, -0.15) is 0 Å². The van der Waals surface area contributed by atoms with Gasteiger partial charge in [-0.1, -0.05) is 12.1 Å². The van der Waals surface area contributed by atoms with Crippen LogP contribution in [0.4, 0.5) is 11.6 Å². The van der Waals surface area contributed by atoms with Crippen molar-refractivity contribution < 1.29 is 0 Å². The molecule has 20 heavy (non-hydrogen) atoms. The Hall–Kier alpha value is -1.88. The van der Waals surface area contributed by atoms with Crippen molar-refractivity contribution in [1.29, 1.82) is 0 Å². The van der Waals surface area contributed by atoms with E-state index in [0.717, 1.165) is 17.6 Å². The maximum Gasteiger partial charge on any atom is 0.169 e. The molecule has 5 nitrogen and oxygen atoms in total. The summed E-state index contributed by atoms with van der Waals surface area (Å²) in [6.07, 6.45) is 2.45. The van der Waals surface area contributed by atoms with Crippen molar-refractivity contribution in [3.05, 3.63) is 24.3 Å². The van der Waals surface area contributed by atoms with E-state index in [9.17, 15) is 0 Å². The van der Waals surface area contributed by atoms with Crippen LogP contribution in [0.1, 0.15) is 12.8 Å². The van der Waals surface area contributed by atoms with Gasteiger partial charge in [-0.25, -0.2) is 9.97 Å². The van der Waals surface area contributed by atoms with E-state index in [1.807, 2.05) is 24.3 Å². The SMILES string of the molecule is CN1CCC(CNc2nc3ccccc3nc2N)CC1. The first-order valence-electron chi connectivity index (χ1n) is 7.17. The maximum absolute atomic E-state index is 5.98. The average Bonchev–Trinajstić information content (AvgIpc) is 2.47. The molecule has 2 aromatic rings. The summed E-state index contributed by atoms with van der Waals surface area (Å²) in [5.41, 5.74) is 7.70. The third-order valence-electron chi connectivity index (χ3n) is 3.99. The van der Waals surface area contributed by atoms with Gasteiger partial charge in [0.1, 0.15) is 0 Å². The largest absolute Gasteiger partial charge is 0.381 e. The van der Waals surface area contributed by atoms with Crippen LogP contribution in [0, 0.1) is 5.92 Å². The summed E-state index contributed by atoms with van der Waals surface area (Å²) in [5.74, 6) is 1.89. The van der Waals surface area contributed by atoms with Crippen molar-refractivity contribution in [2.45, 2.75) is 12.8 Å². The van der Waals surface area contributed by atoms with Crippen molar-refractivity contribution in [1.82, 2.24) is 14.9 Å². The maximum atomic E-state index is 5.98. The van der Waals surface area contributed by atoms with E-state index in [1.54, 1.807) is 0 Å². The van der Waals surface area contributed by atoms with Crippen LogP contribution in [0.3, 0.4) is 0 Å². The molecular weight excluding hydrogens is 250 g/mol. The van der Waals surface area contributed by atoms with Gasteiger partial charge in [-0.3, -0.25) is 0 Å². The first kappa shape index (κ1) is 13.1. The zero-order valence-electron chi connectivity index (χ0n) is 11.8. The van der Waals surface area contributed by atoms with Gasteiger partial charge in [0.2, 0.25) is 0 Å². The number of hydrogen-bond donors (Lipinski definition) is 2. The normalized spacial score (nSPS) is 17.4. The number of nitrogens with one attached hydrogen (secondary N) is 1. The van der Waals surface area contributed by atoms with Gasteiger partial charge >= 0.3 is 0 Å². The summed E-state index contributed by atoms with van der Waals surface area (Å²) in [6.45, 7) is 3.27. The van der Waals surface area contributed by atoms with Gasteiger partial charge in [0.25, 0.3) is 0 Å². The van der Waals surface area contributed by atoms with Crippen LogP contribution in [-0.2, 0) is 0 Å². The number of nitrogens with two attached hydrogens (primary N) is 1. The molecule has 1 aliphatic heterocycles. The molecule has 2 heterocycles. The third kappa shape index (κ3) is 2.82. The van der Waals surface area contributed by atoms with Gasteiger partial charge in [0, 0.05) is 6.54 Å². The van der Waals surface area contributed by atoms with Crippen LogP contribution >= 0.6 is 0 Å². The summed E-state index contributed by atoms with van der Waals surface area (Å²) in [4.78, 5) is 11.3. The molecule has 106 valence electrons. The molecule has 1 aromatic heterocycles. The van der Waals surface area contributed by atoms with Crippen molar-refractivity contribution in [3.8, 4) is 0 Å². The highest BCUT2D eigenvalue weighted by molar-refractivity contribution is 5.79. The number of anilines is 2. The van der Waals surface area contributed by atoms with E-state index >= 15 is 0 Å². The van der Waals surface area contributed by atoms with Crippen molar-refractivity contribution in [2.75, 3.05) is 37.7 Å². The molecule has 1 aromatic carbocycles. The Balaban J connectivity index is 1.69. The average molecular weight is 271 g/mol. The standard InChI is InChI=1S/C15H21N5/c1-20-8-6-11(7-9-20)10-17-15-14(16)18-12-4-2-3-5-13(12)19-15/h2-5,11H,6-10H2,1H3,(H2,16,18)(H,17,19). The Labute approximate surface area is 119 Å². The number of likely N-dealkylation sites (tertiary alicyclic amines) is 1. The van der Waals surface area contributed by atoms with E-state index in [0.29, 0.717) is 17.6 Å². The number of hydrogen-bond acceptors (Lipinski definition) is 5. The number of aromatic nitrogens is 2. The number of piperidine rings is 1. The zero-order valence-corrected chi connectivity index (χ0v) is 11.8. The van der Waals surface area contributed by atoms with Crippen molar-refractivity contribution in [3.63, 3.8) is 0 Å². The molecule has 1 aliphatic rings. The predicted molar refractivity (Wildman–Crippen MR) is 82.7 cm³/mol. The number of para-hydroxylation sites is 2. The lowest BCUT2D eigenvalue weighted by Crippen LogP contribution is -2.33. The monoisotopic (exact) mass is 271 g/mol. The zero-order chi connectivity index (χ0) is 13.9. The Morgan fingerprint density at radius 1 is 1.20 bits per heavy atom. The number of fused-ring (bicyclic) bond motifs is 1. The second-order valence-corrected chi connectivity index (χ2v) is 5.57.